The predicted molar refractivity (Wildman–Crippen MR) is 113 cm³/mol. The van der Waals surface area contributed by atoms with E-state index in [1.165, 1.54) is 70.6 Å². The van der Waals surface area contributed by atoms with E-state index < -0.39 is 15.4 Å². The van der Waals surface area contributed by atoms with Gasteiger partial charge in [-0.3, -0.25) is 4.55 Å². The van der Waals surface area contributed by atoms with Crippen molar-refractivity contribution < 1.29 is 13.0 Å². The zero-order valence-electron chi connectivity index (χ0n) is 17.2. The molecule has 0 spiro atoms. The van der Waals surface area contributed by atoms with Gasteiger partial charge in [-0.1, -0.05) is 83.3 Å². The summed E-state index contributed by atoms with van der Waals surface area (Å²) in [5.41, 5.74) is 0. The number of allylic oxidation sites excluding steroid dienone is 2. The van der Waals surface area contributed by atoms with Crippen molar-refractivity contribution >= 4 is 10.1 Å². The number of hydrogen-bond donors (Lipinski definition) is 2. The van der Waals surface area contributed by atoms with E-state index in [0.717, 1.165) is 19.3 Å². The van der Waals surface area contributed by atoms with Crippen molar-refractivity contribution in [2.75, 3.05) is 13.6 Å². The van der Waals surface area contributed by atoms with Gasteiger partial charge in [0, 0.05) is 6.54 Å². The Balaban J connectivity index is 3.39. The molecule has 0 rings (SSSR count). The second-order valence-corrected chi connectivity index (χ2v) is 9.12. The van der Waals surface area contributed by atoms with Crippen molar-refractivity contribution in [2.45, 2.75) is 108 Å². The van der Waals surface area contributed by atoms with E-state index in [1.807, 2.05) is 0 Å². The molecule has 0 aliphatic heterocycles. The van der Waals surface area contributed by atoms with Gasteiger partial charge in [0.15, 0.2) is 0 Å². The highest BCUT2D eigenvalue weighted by molar-refractivity contribution is 7.86. The van der Waals surface area contributed by atoms with Crippen LogP contribution in [0.1, 0.15) is 103 Å². The molecule has 0 fully saturated rings. The van der Waals surface area contributed by atoms with E-state index in [9.17, 15) is 8.42 Å². The van der Waals surface area contributed by atoms with Crippen LogP contribution in [0.25, 0.3) is 0 Å². The Bertz CT molecular complexity index is 421. The molecule has 0 saturated carbocycles. The normalized spacial score (nSPS) is 13.5. The first kappa shape index (κ1) is 25.6. The van der Waals surface area contributed by atoms with Crippen LogP contribution >= 0.6 is 0 Å². The number of nitrogens with one attached hydrogen (secondary N) is 1. The summed E-state index contributed by atoms with van der Waals surface area (Å²) in [6.07, 6.45) is 22.6. The highest BCUT2D eigenvalue weighted by Crippen LogP contribution is 2.13. The van der Waals surface area contributed by atoms with Crippen molar-refractivity contribution in [3.05, 3.63) is 12.2 Å². The van der Waals surface area contributed by atoms with Gasteiger partial charge in [0.2, 0.25) is 0 Å². The summed E-state index contributed by atoms with van der Waals surface area (Å²) >= 11 is 0. The third-order valence-electron chi connectivity index (χ3n) is 4.89. The molecule has 0 heterocycles. The Hall–Kier alpha value is -0.390. The third kappa shape index (κ3) is 17.0. The minimum atomic E-state index is -3.92. The molecule has 0 aromatic heterocycles. The van der Waals surface area contributed by atoms with E-state index in [4.69, 9.17) is 4.55 Å². The van der Waals surface area contributed by atoms with Gasteiger partial charge >= 0.3 is 0 Å². The fraction of sp³-hybridized carbons (Fsp3) is 0.905. The molecule has 0 aromatic rings. The highest BCUT2D eigenvalue weighted by atomic mass is 32.2. The van der Waals surface area contributed by atoms with Crippen molar-refractivity contribution in [2.24, 2.45) is 0 Å². The lowest BCUT2D eigenvalue weighted by molar-refractivity contribution is 0.451. The van der Waals surface area contributed by atoms with Gasteiger partial charge < -0.3 is 5.32 Å². The van der Waals surface area contributed by atoms with Crippen LogP contribution in [0.15, 0.2) is 12.2 Å². The van der Waals surface area contributed by atoms with Gasteiger partial charge in [-0.2, -0.15) is 8.42 Å². The summed E-state index contributed by atoms with van der Waals surface area (Å²) in [6, 6.07) is 0. The highest BCUT2D eigenvalue weighted by Gasteiger charge is 2.21. The molecule has 0 saturated heterocycles. The average Bonchev–Trinajstić information content (AvgIpc) is 2.59. The maximum absolute atomic E-state index is 11.2. The van der Waals surface area contributed by atoms with Crippen LogP contribution in [0.5, 0.6) is 0 Å². The van der Waals surface area contributed by atoms with Gasteiger partial charge in [0.05, 0.1) is 5.25 Å². The van der Waals surface area contributed by atoms with Crippen LogP contribution in [0.2, 0.25) is 0 Å². The molecule has 4 nitrogen and oxygen atoms in total. The Kier molecular flexibility index (Phi) is 17.7. The molecule has 1 unspecified atom stereocenters. The topological polar surface area (TPSA) is 66.4 Å². The number of rotatable bonds is 19. The summed E-state index contributed by atoms with van der Waals surface area (Å²) in [6.45, 7) is 2.58. The van der Waals surface area contributed by atoms with Crippen LogP contribution < -0.4 is 5.32 Å². The smallest absolute Gasteiger partial charge is 0.269 e. The molecule has 156 valence electrons. The second kappa shape index (κ2) is 18.0. The largest absolute Gasteiger partial charge is 0.318 e. The molecule has 2 N–H and O–H groups in total. The maximum atomic E-state index is 11.2. The minimum absolute atomic E-state index is 0.323. The summed E-state index contributed by atoms with van der Waals surface area (Å²) < 4.78 is 31.6. The Morgan fingerprint density at radius 1 is 0.808 bits per heavy atom. The first-order valence-electron chi connectivity index (χ1n) is 10.8. The van der Waals surface area contributed by atoms with Gasteiger partial charge in [0.1, 0.15) is 0 Å². The fourth-order valence-corrected chi connectivity index (χ4v) is 4.05. The first-order chi connectivity index (χ1) is 12.5. The number of hydrogen-bond acceptors (Lipinski definition) is 3. The molecule has 0 aliphatic carbocycles. The number of unbranched alkanes of at least 4 members (excludes halogenated alkanes) is 12. The quantitative estimate of drug-likeness (QED) is 0.164. The van der Waals surface area contributed by atoms with Crippen molar-refractivity contribution in [1.29, 1.82) is 0 Å². The predicted octanol–water partition coefficient (Wildman–Crippen LogP) is 5.89. The Morgan fingerprint density at radius 3 is 1.73 bits per heavy atom. The van der Waals surface area contributed by atoms with Crippen LogP contribution in [0.3, 0.4) is 0 Å². The third-order valence-corrected chi connectivity index (χ3v) is 6.14. The Labute approximate surface area is 163 Å². The lowest BCUT2D eigenvalue weighted by Gasteiger charge is -2.12. The summed E-state index contributed by atoms with van der Waals surface area (Å²) in [5.74, 6) is 0. The monoisotopic (exact) mass is 389 g/mol. The van der Waals surface area contributed by atoms with Crippen molar-refractivity contribution in [3.63, 3.8) is 0 Å². The summed E-state index contributed by atoms with van der Waals surface area (Å²) in [5, 5.41) is 2.17. The molecule has 0 amide bonds. The molecule has 0 aliphatic rings. The van der Waals surface area contributed by atoms with Crippen LogP contribution in [-0.2, 0) is 10.1 Å². The lowest BCUT2D eigenvalue weighted by atomic mass is 10.1. The van der Waals surface area contributed by atoms with Gasteiger partial charge in [-0.25, -0.2) is 0 Å². The SMILES string of the molecule is CCCCCCCC/C=C\CCCCCCCCC(CNC)S(=O)(=O)O. The van der Waals surface area contributed by atoms with Crippen LogP contribution in [-0.4, -0.2) is 31.8 Å². The summed E-state index contributed by atoms with van der Waals surface area (Å²) in [4.78, 5) is 0. The van der Waals surface area contributed by atoms with Crippen molar-refractivity contribution in [1.82, 2.24) is 5.32 Å². The maximum Gasteiger partial charge on any atom is 0.269 e. The van der Waals surface area contributed by atoms with E-state index in [-0.39, 0.29) is 0 Å². The van der Waals surface area contributed by atoms with E-state index >= 15 is 0 Å². The van der Waals surface area contributed by atoms with E-state index in [2.05, 4.69) is 24.4 Å². The lowest BCUT2D eigenvalue weighted by Crippen LogP contribution is -2.31. The van der Waals surface area contributed by atoms with E-state index in [1.54, 1.807) is 7.05 Å². The standard InChI is InChI=1S/C21H43NO3S/c1-3-4-5-6-7-8-9-10-11-12-13-14-15-16-17-18-19-21(20-22-2)26(23,24)25/h10-11,21-22H,3-9,12-20H2,1-2H3,(H,23,24,25)/b11-10-. The van der Waals surface area contributed by atoms with Crippen LogP contribution in [0.4, 0.5) is 0 Å². The molecule has 1 atom stereocenters. The molecule has 0 bridgehead atoms. The van der Waals surface area contributed by atoms with Crippen LogP contribution in [0, 0.1) is 0 Å². The molecule has 0 radical (unpaired) electrons. The van der Waals surface area contributed by atoms with Gasteiger partial charge in [-0.05, 0) is 39.2 Å². The molecular formula is C21H43NO3S. The molecular weight excluding hydrogens is 346 g/mol. The van der Waals surface area contributed by atoms with Gasteiger partial charge in [-0.15, -0.1) is 0 Å². The molecule has 0 aromatic carbocycles. The zero-order chi connectivity index (χ0) is 19.5. The molecule has 5 heteroatoms. The van der Waals surface area contributed by atoms with E-state index in [0.29, 0.717) is 13.0 Å². The second-order valence-electron chi connectivity index (χ2n) is 7.42. The van der Waals surface area contributed by atoms with Crippen molar-refractivity contribution in [3.8, 4) is 0 Å². The zero-order valence-corrected chi connectivity index (χ0v) is 18.0. The Morgan fingerprint density at radius 2 is 1.27 bits per heavy atom. The van der Waals surface area contributed by atoms with Gasteiger partial charge in [0.25, 0.3) is 10.1 Å². The average molecular weight is 390 g/mol. The molecule has 26 heavy (non-hydrogen) atoms. The first-order valence-corrected chi connectivity index (χ1v) is 12.3. The minimum Gasteiger partial charge on any atom is -0.318 e. The fourth-order valence-electron chi connectivity index (χ4n) is 3.20. The summed E-state index contributed by atoms with van der Waals surface area (Å²) in [7, 11) is -2.21.